The Labute approximate surface area is 126 Å². The molecule has 0 atom stereocenters. The van der Waals surface area contributed by atoms with Gasteiger partial charge in [0.1, 0.15) is 0 Å². The molecule has 0 fully saturated rings. The van der Waals surface area contributed by atoms with Crippen molar-refractivity contribution in [2.24, 2.45) is 0 Å². The van der Waals surface area contributed by atoms with Gasteiger partial charge in [0, 0.05) is 17.8 Å². The predicted octanol–water partition coefficient (Wildman–Crippen LogP) is 3.60. The second-order valence-corrected chi connectivity index (χ2v) is 4.64. The third-order valence-corrected chi connectivity index (χ3v) is 3.02. The minimum absolute atomic E-state index is 0.644. The van der Waals surface area contributed by atoms with Gasteiger partial charge < -0.3 is 14.9 Å². The Morgan fingerprint density at radius 3 is 2.52 bits per heavy atom. The summed E-state index contributed by atoms with van der Waals surface area (Å²) < 4.78 is 11.2. The number of nitrogens with one attached hydrogen (secondary N) is 2. The highest BCUT2D eigenvalue weighted by Crippen LogP contribution is 2.31. The molecule has 21 heavy (non-hydrogen) atoms. The Balaban J connectivity index is 2.01. The summed E-state index contributed by atoms with van der Waals surface area (Å²) in [6.45, 7) is 3.41. The Bertz CT molecular complexity index is 544. The topological polar surface area (TPSA) is 42.5 Å². The van der Waals surface area contributed by atoms with E-state index in [2.05, 4.69) is 17.8 Å². The van der Waals surface area contributed by atoms with Crippen LogP contribution in [0.3, 0.4) is 0 Å². The summed E-state index contributed by atoms with van der Waals surface area (Å²) in [6.07, 6.45) is 0.965. The number of hydrogen-bond acceptors (Lipinski definition) is 4. The number of ether oxygens (including phenoxy) is 2. The third-order valence-electron chi connectivity index (χ3n) is 3.02. The molecule has 0 aliphatic rings. The molecule has 0 unspecified atom stereocenters. The summed E-state index contributed by atoms with van der Waals surface area (Å²) in [5.74, 6) is 1.58. The van der Waals surface area contributed by atoms with Gasteiger partial charge >= 0.3 is 0 Å². The number of hydrogen-bond donors (Lipinski definition) is 2. The van der Waals surface area contributed by atoms with E-state index < -0.39 is 0 Å². The molecule has 4 nitrogen and oxygen atoms in total. The Hall–Kier alpha value is -2.20. The molecule has 0 saturated carbocycles. The standard InChI is InChI=1S/C17H22N2O2/c1-3-12-21-17-14(8-7-11-16(17)20-2)13-18-19-15-9-5-4-6-10-15/h4-11,18-19H,3,12-13H2,1-2H3. The van der Waals surface area contributed by atoms with Gasteiger partial charge in [-0.05, 0) is 24.6 Å². The maximum Gasteiger partial charge on any atom is 0.165 e. The molecule has 0 bridgehead atoms. The predicted molar refractivity (Wildman–Crippen MR) is 85.7 cm³/mol. The van der Waals surface area contributed by atoms with Gasteiger partial charge in [-0.25, -0.2) is 5.43 Å². The second kappa shape index (κ2) is 8.17. The molecule has 0 aliphatic carbocycles. The van der Waals surface area contributed by atoms with Crippen molar-refractivity contribution in [1.29, 1.82) is 0 Å². The van der Waals surface area contributed by atoms with E-state index in [9.17, 15) is 0 Å². The molecule has 4 heteroatoms. The van der Waals surface area contributed by atoms with E-state index in [1.165, 1.54) is 0 Å². The molecule has 0 radical (unpaired) electrons. The van der Waals surface area contributed by atoms with Crippen LogP contribution in [0, 0.1) is 0 Å². The number of methoxy groups -OCH3 is 1. The van der Waals surface area contributed by atoms with E-state index in [1.54, 1.807) is 7.11 Å². The van der Waals surface area contributed by atoms with Crippen molar-refractivity contribution in [2.45, 2.75) is 19.9 Å². The van der Waals surface area contributed by atoms with Crippen molar-refractivity contribution >= 4 is 5.69 Å². The normalized spacial score (nSPS) is 10.2. The molecule has 0 spiro atoms. The average molecular weight is 286 g/mol. The number of para-hydroxylation sites is 2. The van der Waals surface area contributed by atoms with Crippen LogP contribution >= 0.6 is 0 Å². The van der Waals surface area contributed by atoms with Crippen molar-refractivity contribution in [3.05, 3.63) is 54.1 Å². The van der Waals surface area contributed by atoms with E-state index in [-0.39, 0.29) is 0 Å². The van der Waals surface area contributed by atoms with Gasteiger partial charge in [-0.1, -0.05) is 37.3 Å². The van der Waals surface area contributed by atoms with Crippen molar-refractivity contribution in [1.82, 2.24) is 5.43 Å². The van der Waals surface area contributed by atoms with Gasteiger partial charge in [0.05, 0.1) is 13.7 Å². The molecule has 2 N–H and O–H groups in total. The summed E-state index contributed by atoms with van der Waals surface area (Å²) in [6, 6.07) is 15.9. The number of hydrazine groups is 1. The summed E-state index contributed by atoms with van der Waals surface area (Å²) in [4.78, 5) is 0. The number of rotatable bonds is 8. The minimum atomic E-state index is 0.644. The Kier molecular flexibility index (Phi) is 5.91. The molecular weight excluding hydrogens is 264 g/mol. The largest absolute Gasteiger partial charge is 0.493 e. The first-order chi connectivity index (χ1) is 10.3. The highest BCUT2D eigenvalue weighted by molar-refractivity contribution is 5.47. The van der Waals surface area contributed by atoms with E-state index in [0.29, 0.717) is 13.2 Å². The highest BCUT2D eigenvalue weighted by Gasteiger charge is 2.09. The monoisotopic (exact) mass is 286 g/mol. The second-order valence-electron chi connectivity index (χ2n) is 4.64. The van der Waals surface area contributed by atoms with Crippen molar-refractivity contribution in [3.8, 4) is 11.5 Å². The fourth-order valence-corrected chi connectivity index (χ4v) is 1.99. The first kappa shape index (κ1) is 15.2. The molecule has 112 valence electrons. The first-order valence-electron chi connectivity index (χ1n) is 7.17. The zero-order valence-electron chi connectivity index (χ0n) is 12.6. The lowest BCUT2D eigenvalue weighted by molar-refractivity contribution is 0.290. The molecule has 0 aliphatic heterocycles. The lowest BCUT2D eigenvalue weighted by atomic mass is 10.2. The quantitative estimate of drug-likeness (QED) is 0.728. The van der Waals surface area contributed by atoms with Gasteiger partial charge in [-0.3, -0.25) is 0 Å². The smallest absolute Gasteiger partial charge is 0.165 e. The van der Waals surface area contributed by atoms with E-state index in [0.717, 1.165) is 29.2 Å². The summed E-state index contributed by atoms with van der Waals surface area (Å²) in [5, 5.41) is 0. The first-order valence-corrected chi connectivity index (χ1v) is 7.17. The SMILES string of the molecule is CCCOc1c(CNNc2ccccc2)cccc1OC. The fraction of sp³-hybridized carbons (Fsp3) is 0.294. The Morgan fingerprint density at radius 1 is 1.00 bits per heavy atom. The van der Waals surface area contributed by atoms with Crippen LogP contribution in [0.4, 0.5) is 5.69 Å². The molecule has 0 saturated heterocycles. The number of anilines is 1. The molecular formula is C17H22N2O2. The lowest BCUT2D eigenvalue weighted by Gasteiger charge is -2.15. The summed E-state index contributed by atoms with van der Waals surface area (Å²) in [7, 11) is 1.66. The average Bonchev–Trinajstić information content (AvgIpc) is 2.54. The summed E-state index contributed by atoms with van der Waals surface area (Å²) in [5.41, 5.74) is 8.45. The zero-order chi connectivity index (χ0) is 14.9. The molecule has 2 aromatic carbocycles. The van der Waals surface area contributed by atoms with Gasteiger partial charge in [0.2, 0.25) is 0 Å². The third kappa shape index (κ3) is 4.39. The van der Waals surface area contributed by atoms with Crippen LogP contribution in [-0.2, 0) is 6.54 Å². The highest BCUT2D eigenvalue weighted by atomic mass is 16.5. The van der Waals surface area contributed by atoms with Crippen molar-refractivity contribution in [2.75, 3.05) is 19.1 Å². The van der Waals surface area contributed by atoms with Gasteiger partial charge in [-0.2, -0.15) is 0 Å². The maximum absolute atomic E-state index is 5.82. The van der Waals surface area contributed by atoms with Crippen molar-refractivity contribution in [3.63, 3.8) is 0 Å². The van der Waals surface area contributed by atoms with Gasteiger partial charge in [0.15, 0.2) is 11.5 Å². The molecule has 0 aromatic heterocycles. The van der Waals surface area contributed by atoms with Crippen LogP contribution in [0.15, 0.2) is 48.5 Å². The van der Waals surface area contributed by atoms with Crippen LogP contribution in [-0.4, -0.2) is 13.7 Å². The lowest BCUT2D eigenvalue weighted by Crippen LogP contribution is -2.21. The summed E-state index contributed by atoms with van der Waals surface area (Å²) >= 11 is 0. The van der Waals surface area contributed by atoms with E-state index in [4.69, 9.17) is 9.47 Å². The number of benzene rings is 2. The van der Waals surface area contributed by atoms with Crippen LogP contribution in [0.1, 0.15) is 18.9 Å². The van der Waals surface area contributed by atoms with Crippen LogP contribution in [0.5, 0.6) is 11.5 Å². The van der Waals surface area contributed by atoms with E-state index >= 15 is 0 Å². The van der Waals surface area contributed by atoms with Crippen LogP contribution < -0.4 is 20.3 Å². The van der Waals surface area contributed by atoms with Gasteiger partial charge in [-0.15, -0.1) is 0 Å². The molecule has 2 aromatic rings. The van der Waals surface area contributed by atoms with Gasteiger partial charge in [0.25, 0.3) is 0 Å². The molecule has 2 rings (SSSR count). The minimum Gasteiger partial charge on any atom is -0.493 e. The van der Waals surface area contributed by atoms with E-state index in [1.807, 2.05) is 48.5 Å². The van der Waals surface area contributed by atoms with Crippen LogP contribution in [0.2, 0.25) is 0 Å². The Morgan fingerprint density at radius 2 is 1.81 bits per heavy atom. The maximum atomic E-state index is 5.82. The fourth-order valence-electron chi connectivity index (χ4n) is 1.99. The molecule has 0 amide bonds. The zero-order valence-corrected chi connectivity index (χ0v) is 12.6. The molecule has 0 heterocycles. The van der Waals surface area contributed by atoms with Crippen LogP contribution in [0.25, 0.3) is 0 Å². The van der Waals surface area contributed by atoms with Crippen molar-refractivity contribution < 1.29 is 9.47 Å².